The van der Waals surface area contributed by atoms with E-state index >= 15 is 0 Å². The predicted octanol–water partition coefficient (Wildman–Crippen LogP) is 3.35. The molecule has 110 valence electrons. The van der Waals surface area contributed by atoms with Gasteiger partial charge in [0.15, 0.2) is 0 Å². The van der Waals surface area contributed by atoms with Gasteiger partial charge >= 0.3 is 0 Å². The van der Waals surface area contributed by atoms with E-state index in [1.807, 2.05) is 0 Å². The van der Waals surface area contributed by atoms with E-state index in [0.29, 0.717) is 6.10 Å². The van der Waals surface area contributed by atoms with Crippen LogP contribution in [0.3, 0.4) is 0 Å². The molecule has 3 heteroatoms. The highest BCUT2D eigenvalue weighted by Crippen LogP contribution is 2.19. The Morgan fingerprint density at radius 3 is 2.80 bits per heavy atom. The van der Waals surface area contributed by atoms with Crippen LogP contribution in [0.2, 0.25) is 0 Å². The number of ether oxygens (including phenoxy) is 1. The Hall–Kier alpha value is -1.32. The first-order chi connectivity index (χ1) is 9.68. The average Bonchev–Trinajstić information content (AvgIpc) is 2.75. The Bertz CT molecular complexity index is 531. The molecule has 1 aromatic carbocycles. The zero-order valence-electron chi connectivity index (χ0n) is 12.9. The topological polar surface area (TPSA) is 26.2 Å². The SMILES string of the molecule is Cc1cn(CCNCCCOC(C)C)c2ccccc12. The minimum Gasteiger partial charge on any atom is -0.379 e. The summed E-state index contributed by atoms with van der Waals surface area (Å²) < 4.78 is 7.86. The molecule has 0 unspecified atom stereocenters. The monoisotopic (exact) mass is 274 g/mol. The zero-order valence-corrected chi connectivity index (χ0v) is 12.9. The van der Waals surface area contributed by atoms with Crippen LogP contribution in [0, 0.1) is 6.92 Å². The van der Waals surface area contributed by atoms with E-state index in [2.05, 4.69) is 61.1 Å². The second-order valence-corrected chi connectivity index (χ2v) is 5.55. The third-order valence-electron chi connectivity index (χ3n) is 3.47. The molecule has 0 aliphatic carbocycles. The molecule has 1 aromatic heterocycles. The number of para-hydroxylation sites is 1. The van der Waals surface area contributed by atoms with Crippen molar-refractivity contribution in [3.8, 4) is 0 Å². The lowest BCUT2D eigenvalue weighted by atomic mass is 10.2. The Kier molecular flexibility index (Phi) is 5.62. The third-order valence-corrected chi connectivity index (χ3v) is 3.47. The van der Waals surface area contributed by atoms with Crippen LogP contribution in [0.5, 0.6) is 0 Å². The van der Waals surface area contributed by atoms with E-state index in [4.69, 9.17) is 4.74 Å². The van der Waals surface area contributed by atoms with Gasteiger partial charge in [0.05, 0.1) is 6.10 Å². The highest BCUT2D eigenvalue weighted by molar-refractivity contribution is 5.83. The first-order valence-electron chi connectivity index (χ1n) is 7.55. The van der Waals surface area contributed by atoms with Crippen molar-refractivity contribution in [2.45, 2.75) is 39.8 Å². The minimum absolute atomic E-state index is 0.337. The van der Waals surface area contributed by atoms with Crippen molar-refractivity contribution in [3.63, 3.8) is 0 Å². The van der Waals surface area contributed by atoms with Gasteiger partial charge in [0, 0.05) is 36.8 Å². The first kappa shape index (κ1) is 15.1. The average molecular weight is 274 g/mol. The number of benzene rings is 1. The van der Waals surface area contributed by atoms with Gasteiger partial charge in [-0.2, -0.15) is 0 Å². The van der Waals surface area contributed by atoms with Gasteiger partial charge in [-0.3, -0.25) is 0 Å². The Labute approximate surface area is 121 Å². The highest BCUT2D eigenvalue weighted by Gasteiger charge is 2.03. The summed E-state index contributed by atoms with van der Waals surface area (Å²) in [4.78, 5) is 0. The molecule has 3 nitrogen and oxygen atoms in total. The van der Waals surface area contributed by atoms with Crippen molar-refractivity contribution in [2.24, 2.45) is 0 Å². The number of rotatable bonds is 8. The number of nitrogens with zero attached hydrogens (tertiary/aromatic N) is 1. The lowest BCUT2D eigenvalue weighted by molar-refractivity contribution is 0.0771. The predicted molar refractivity (Wildman–Crippen MR) is 85.2 cm³/mol. The molecule has 0 radical (unpaired) electrons. The van der Waals surface area contributed by atoms with Gasteiger partial charge < -0.3 is 14.6 Å². The van der Waals surface area contributed by atoms with Crippen LogP contribution >= 0.6 is 0 Å². The van der Waals surface area contributed by atoms with E-state index < -0.39 is 0 Å². The van der Waals surface area contributed by atoms with E-state index in [9.17, 15) is 0 Å². The maximum Gasteiger partial charge on any atom is 0.0518 e. The molecule has 0 atom stereocenters. The molecule has 1 N–H and O–H groups in total. The molecule has 2 aromatic rings. The summed E-state index contributed by atoms with van der Waals surface area (Å²) in [6.45, 7) is 10.2. The minimum atomic E-state index is 0.337. The van der Waals surface area contributed by atoms with Crippen LogP contribution in [-0.4, -0.2) is 30.4 Å². The van der Waals surface area contributed by atoms with Crippen molar-refractivity contribution in [2.75, 3.05) is 19.7 Å². The summed E-state index contributed by atoms with van der Waals surface area (Å²) in [5, 5.41) is 4.84. The molecule has 0 saturated heterocycles. The molecule has 1 heterocycles. The molecular formula is C17H26N2O. The van der Waals surface area contributed by atoms with E-state index in [-0.39, 0.29) is 0 Å². The summed E-state index contributed by atoms with van der Waals surface area (Å²) in [7, 11) is 0. The zero-order chi connectivity index (χ0) is 14.4. The second kappa shape index (κ2) is 7.46. The summed E-state index contributed by atoms with van der Waals surface area (Å²) in [5.41, 5.74) is 2.68. The highest BCUT2D eigenvalue weighted by atomic mass is 16.5. The van der Waals surface area contributed by atoms with Crippen LogP contribution in [0.15, 0.2) is 30.5 Å². The molecule has 20 heavy (non-hydrogen) atoms. The van der Waals surface area contributed by atoms with Crippen molar-refractivity contribution in [1.82, 2.24) is 9.88 Å². The number of nitrogens with one attached hydrogen (secondary N) is 1. The second-order valence-electron chi connectivity index (χ2n) is 5.55. The van der Waals surface area contributed by atoms with Gasteiger partial charge in [0.1, 0.15) is 0 Å². The number of aryl methyl sites for hydroxylation is 1. The summed E-state index contributed by atoms with van der Waals surface area (Å²) >= 11 is 0. The molecule has 0 aliphatic heterocycles. The quantitative estimate of drug-likeness (QED) is 0.747. The molecular weight excluding hydrogens is 248 g/mol. The fourth-order valence-corrected chi connectivity index (χ4v) is 2.46. The van der Waals surface area contributed by atoms with Gasteiger partial charge in [-0.05, 0) is 45.4 Å². The van der Waals surface area contributed by atoms with Gasteiger partial charge in [0.2, 0.25) is 0 Å². The molecule has 0 amide bonds. The molecule has 0 bridgehead atoms. The van der Waals surface area contributed by atoms with Gasteiger partial charge in [0.25, 0.3) is 0 Å². The smallest absolute Gasteiger partial charge is 0.0518 e. The Morgan fingerprint density at radius 2 is 2.00 bits per heavy atom. The number of hydrogen-bond acceptors (Lipinski definition) is 2. The summed E-state index contributed by atoms with van der Waals surface area (Å²) in [6, 6.07) is 8.60. The fourth-order valence-electron chi connectivity index (χ4n) is 2.46. The lowest BCUT2D eigenvalue weighted by Crippen LogP contribution is -2.22. The number of fused-ring (bicyclic) bond motifs is 1. The number of aromatic nitrogens is 1. The summed E-state index contributed by atoms with van der Waals surface area (Å²) in [5.74, 6) is 0. The van der Waals surface area contributed by atoms with E-state index in [1.54, 1.807) is 0 Å². The van der Waals surface area contributed by atoms with Crippen LogP contribution in [-0.2, 0) is 11.3 Å². The lowest BCUT2D eigenvalue weighted by Gasteiger charge is -2.09. The molecule has 0 fully saturated rings. The van der Waals surface area contributed by atoms with Crippen molar-refractivity contribution in [1.29, 1.82) is 0 Å². The Balaban J connectivity index is 1.74. The molecule has 0 aliphatic rings. The maximum atomic E-state index is 5.52. The molecule has 2 rings (SSSR count). The van der Waals surface area contributed by atoms with Gasteiger partial charge in [-0.1, -0.05) is 18.2 Å². The van der Waals surface area contributed by atoms with Gasteiger partial charge in [-0.15, -0.1) is 0 Å². The van der Waals surface area contributed by atoms with Crippen LogP contribution in [0.1, 0.15) is 25.8 Å². The molecule has 0 spiro atoms. The van der Waals surface area contributed by atoms with Crippen LogP contribution < -0.4 is 5.32 Å². The van der Waals surface area contributed by atoms with Crippen molar-refractivity contribution in [3.05, 3.63) is 36.0 Å². The van der Waals surface area contributed by atoms with Gasteiger partial charge in [-0.25, -0.2) is 0 Å². The largest absolute Gasteiger partial charge is 0.379 e. The van der Waals surface area contributed by atoms with E-state index in [0.717, 1.165) is 32.7 Å². The van der Waals surface area contributed by atoms with Crippen LogP contribution in [0.25, 0.3) is 10.9 Å². The maximum absolute atomic E-state index is 5.52. The van der Waals surface area contributed by atoms with Crippen LogP contribution in [0.4, 0.5) is 0 Å². The first-order valence-corrected chi connectivity index (χ1v) is 7.55. The summed E-state index contributed by atoms with van der Waals surface area (Å²) in [6.07, 6.45) is 3.65. The Morgan fingerprint density at radius 1 is 1.20 bits per heavy atom. The fraction of sp³-hybridized carbons (Fsp3) is 0.529. The van der Waals surface area contributed by atoms with Crippen molar-refractivity contribution < 1.29 is 4.74 Å². The number of hydrogen-bond donors (Lipinski definition) is 1. The van der Waals surface area contributed by atoms with E-state index in [1.165, 1.54) is 16.5 Å². The van der Waals surface area contributed by atoms with Crippen molar-refractivity contribution >= 4 is 10.9 Å². The standard InChI is InChI=1S/C17H26N2O/c1-14(2)20-12-6-9-18-10-11-19-13-15(3)16-7-4-5-8-17(16)19/h4-5,7-8,13-14,18H,6,9-12H2,1-3H3. The normalized spacial score (nSPS) is 11.6. The molecule has 0 saturated carbocycles. The third kappa shape index (κ3) is 4.09.